The van der Waals surface area contributed by atoms with Crippen LogP contribution in [0.15, 0.2) is 58.1 Å². The minimum Gasteiger partial charge on any atom is -0.443 e. The molecule has 0 aliphatic rings. The lowest BCUT2D eigenvalue weighted by molar-refractivity contribution is 0.0460. The predicted octanol–water partition coefficient (Wildman–Crippen LogP) is 2.10. The zero-order valence-electron chi connectivity index (χ0n) is 14.5. The Hall–Kier alpha value is -3.35. The van der Waals surface area contributed by atoms with Crippen LogP contribution < -0.4 is 17.0 Å². The van der Waals surface area contributed by atoms with Crippen molar-refractivity contribution in [3.8, 4) is 5.69 Å². The molecule has 0 saturated carbocycles. The zero-order chi connectivity index (χ0) is 18.9. The summed E-state index contributed by atoms with van der Waals surface area (Å²) < 4.78 is 6.17. The second kappa shape index (κ2) is 6.51. The van der Waals surface area contributed by atoms with Gasteiger partial charge in [0.25, 0.3) is 5.56 Å². The molecule has 1 aromatic heterocycles. The Balaban J connectivity index is 1.97. The monoisotopic (exact) mass is 353 g/mol. The lowest BCUT2D eigenvalue weighted by Crippen LogP contribution is -2.34. The van der Waals surface area contributed by atoms with Crippen LogP contribution in [-0.4, -0.2) is 21.2 Å². The molecule has 3 rings (SSSR count). The third-order valence-electron chi connectivity index (χ3n) is 4.01. The lowest BCUT2D eigenvalue weighted by atomic mass is 9.98. The van der Waals surface area contributed by atoms with E-state index in [1.165, 1.54) is 0 Å². The summed E-state index contributed by atoms with van der Waals surface area (Å²) in [5.41, 5.74) is 5.27. The van der Waals surface area contributed by atoms with Crippen LogP contribution in [0.2, 0.25) is 0 Å². The van der Waals surface area contributed by atoms with E-state index in [1.807, 2.05) is 0 Å². The molecule has 0 radical (unpaired) electrons. The van der Waals surface area contributed by atoms with Gasteiger partial charge in [0, 0.05) is 6.42 Å². The average molecular weight is 353 g/mol. The van der Waals surface area contributed by atoms with Crippen molar-refractivity contribution >= 4 is 17.0 Å². The SMILES string of the molecule is CC(C)(Cc1ccc(-n2c(=O)[nH]c3ccccc3c2=O)cc1)OC(N)=O. The van der Waals surface area contributed by atoms with Crippen LogP contribution in [0.25, 0.3) is 16.6 Å². The van der Waals surface area contributed by atoms with Crippen LogP contribution in [0.5, 0.6) is 0 Å². The van der Waals surface area contributed by atoms with E-state index in [1.54, 1.807) is 62.4 Å². The fourth-order valence-electron chi connectivity index (χ4n) is 2.96. The van der Waals surface area contributed by atoms with E-state index < -0.39 is 17.4 Å². The highest BCUT2D eigenvalue weighted by molar-refractivity contribution is 5.77. The molecule has 7 nitrogen and oxygen atoms in total. The third kappa shape index (κ3) is 3.51. The number of amides is 1. The molecule has 0 spiro atoms. The first-order chi connectivity index (χ1) is 12.3. The molecule has 0 aliphatic heterocycles. The first kappa shape index (κ1) is 17.5. The lowest BCUT2D eigenvalue weighted by Gasteiger charge is -2.24. The van der Waals surface area contributed by atoms with Gasteiger partial charge >= 0.3 is 11.8 Å². The van der Waals surface area contributed by atoms with Crippen molar-refractivity contribution in [2.24, 2.45) is 5.73 Å². The predicted molar refractivity (Wildman–Crippen MR) is 98.6 cm³/mol. The Morgan fingerprint density at radius 3 is 2.42 bits per heavy atom. The van der Waals surface area contributed by atoms with Crippen LogP contribution in [0.1, 0.15) is 19.4 Å². The second-order valence-electron chi connectivity index (χ2n) is 6.64. The van der Waals surface area contributed by atoms with Gasteiger partial charge in [0.05, 0.1) is 16.6 Å². The van der Waals surface area contributed by atoms with Crippen molar-refractivity contribution in [3.05, 3.63) is 74.9 Å². The molecule has 1 heterocycles. The average Bonchev–Trinajstić information content (AvgIpc) is 2.55. The van der Waals surface area contributed by atoms with Gasteiger partial charge in [-0.15, -0.1) is 0 Å². The topological polar surface area (TPSA) is 107 Å². The maximum atomic E-state index is 12.7. The van der Waals surface area contributed by atoms with Crippen LogP contribution in [0.4, 0.5) is 4.79 Å². The van der Waals surface area contributed by atoms with Gasteiger partial charge in [-0.25, -0.2) is 14.2 Å². The summed E-state index contributed by atoms with van der Waals surface area (Å²) in [5, 5.41) is 0.437. The van der Waals surface area contributed by atoms with E-state index in [0.29, 0.717) is 23.0 Å². The van der Waals surface area contributed by atoms with Crippen LogP contribution in [0, 0.1) is 0 Å². The van der Waals surface area contributed by atoms with Gasteiger partial charge in [-0.05, 0) is 43.7 Å². The molecule has 3 aromatic rings. The standard InChI is InChI=1S/C19H19N3O4/c1-19(2,26-17(20)24)11-12-7-9-13(10-8-12)22-16(23)14-5-3-4-6-15(14)21-18(22)25/h3-10H,11H2,1-2H3,(H2,20,24)(H,21,25). The number of benzene rings is 2. The summed E-state index contributed by atoms with van der Waals surface area (Å²) in [7, 11) is 0. The number of aromatic nitrogens is 2. The number of rotatable bonds is 4. The van der Waals surface area contributed by atoms with E-state index in [0.717, 1.165) is 10.1 Å². The summed E-state index contributed by atoms with van der Waals surface area (Å²) in [5.74, 6) is 0. The number of ether oxygens (including phenoxy) is 1. The van der Waals surface area contributed by atoms with Crippen molar-refractivity contribution in [1.29, 1.82) is 0 Å². The highest BCUT2D eigenvalue weighted by atomic mass is 16.6. The van der Waals surface area contributed by atoms with Gasteiger partial charge < -0.3 is 15.5 Å². The summed E-state index contributed by atoms with van der Waals surface area (Å²) >= 11 is 0. The molecule has 3 N–H and O–H groups in total. The van der Waals surface area contributed by atoms with E-state index >= 15 is 0 Å². The molecular formula is C19H19N3O4. The number of nitrogens with zero attached hydrogens (tertiary/aromatic N) is 1. The highest BCUT2D eigenvalue weighted by Gasteiger charge is 2.22. The van der Waals surface area contributed by atoms with E-state index in [2.05, 4.69) is 4.98 Å². The molecular weight excluding hydrogens is 334 g/mol. The van der Waals surface area contributed by atoms with Crippen LogP contribution in [0.3, 0.4) is 0 Å². The van der Waals surface area contributed by atoms with E-state index in [-0.39, 0.29) is 5.56 Å². The number of carbonyl (C=O) groups is 1. The Bertz CT molecular complexity index is 1080. The Morgan fingerprint density at radius 1 is 1.12 bits per heavy atom. The molecule has 0 saturated heterocycles. The van der Waals surface area contributed by atoms with Crippen molar-refractivity contribution in [3.63, 3.8) is 0 Å². The molecule has 0 bridgehead atoms. The van der Waals surface area contributed by atoms with Gasteiger partial charge in [-0.3, -0.25) is 4.79 Å². The smallest absolute Gasteiger partial charge is 0.405 e. The summed E-state index contributed by atoms with van der Waals surface area (Å²) in [6, 6.07) is 13.8. The number of carbonyl (C=O) groups excluding carboxylic acids is 1. The number of hydrogen-bond acceptors (Lipinski definition) is 4. The molecule has 0 unspecified atom stereocenters. The minimum absolute atomic E-state index is 0.380. The zero-order valence-corrected chi connectivity index (χ0v) is 14.5. The summed E-state index contributed by atoms with van der Waals surface area (Å²) in [6.07, 6.45) is -0.389. The molecule has 2 aromatic carbocycles. The Labute approximate surface area is 149 Å². The summed E-state index contributed by atoms with van der Waals surface area (Å²) in [6.45, 7) is 3.51. The van der Waals surface area contributed by atoms with Gasteiger partial charge in [0.15, 0.2) is 0 Å². The van der Waals surface area contributed by atoms with Crippen molar-refractivity contribution < 1.29 is 9.53 Å². The number of fused-ring (bicyclic) bond motifs is 1. The summed E-state index contributed by atoms with van der Waals surface area (Å²) in [4.78, 5) is 38.6. The van der Waals surface area contributed by atoms with Crippen LogP contribution in [-0.2, 0) is 11.2 Å². The van der Waals surface area contributed by atoms with Crippen molar-refractivity contribution in [1.82, 2.24) is 9.55 Å². The number of hydrogen-bond donors (Lipinski definition) is 2. The molecule has 7 heteroatoms. The fourth-order valence-corrected chi connectivity index (χ4v) is 2.96. The first-order valence-electron chi connectivity index (χ1n) is 8.09. The van der Waals surface area contributed by atoms with Crippen LogP contribution >= 0.6 is 0 Å². The Morgan fingerprint density at radius 2 is 1.77 bits per heavy atom. The van der Waals surface area contributed by atoms with Crippen molar-refractivity contribution in [2.45, 2.75) is 25.9 Å². The van der Waals surface area contributed by atoms with Crippen molar-refractivity contribution in [2.75, 3.05) is 0 Å². The number of nitrogens with two attached hydrogens (primary N) is 1. The van der Waals surface area contributed by atoms with Gasteiger partial charge in [-0.1, -0.05) is 24.3 Å². The molecule has 0 aliphatic carbocycles. The van der Waals surface area contributed by atoms with Gasteiger partial charge in [0.2, 0.25) is 0 Å². The third-order valence-corrected chi connectivity index (χ3v) is 4.01. The minimum atomic E-state index is -0.833. The highest BCUT2D eigenvalue weighted by Crippen LogP contribution is 2.18. The maximum Gasteiger partial charge on any atom is 0.405 e. The van der Waals surface area contributed by atoms with E-state index in [4.69, 9.17) is 10.5 Å². The first-order valence-corrected chi connectivity index (χ1v) is 8.09. The number of primary amides is 1. The second-order valence-corrected chi connectivity index (χ2v) is 6.64. The Kier molecular flexibility index (Phi) is 4.38. The quantitative estimate of drug-likeness (QED) is 0.749. The molecule has 0 fully saturated rings. The fraction of sp³-hybridized carbons (Fsp3) is 0.211. The number of para-hydroxylation sites is 1. The number of aromatic amines is 1. The van der Waals surface area contributed by atoms with Gasteiger partial charge in [0.1, 0.15) is 5.60 Å². The largest absolute Gasteiger partial charge is 0.443 e. The molecule has 1 amide bonds. The van der Waals surface area contributed by atoms with E-state index in [9.17, 15) is 14.4 Å². The molecule has 134 valence electrons. The molecule has 0 atom stereocenters. The number of nitrogens with one attached hydrogen (secondary N) is 1. The normalized spacial score (nSPS) is 11.5. The maximum absolute atomic E-state index is 12.7. The number of H-pyrrole nitrogens is 1. The van der Waals surface area contributed by atoms with Gasteiger partial charge in [-0.2, -0.15) is 0 Å². The molecule has 26 heavy (non-hydrogen) atoms.